The van der Waals surface area contributed by atoms with Gasteiger partial charge in [0.15, 0.2) is 0 Å². The molecule has 0 radical (unpaired) electrons. The molecule has 0 aliphatic carbocycles. The largest absolute Gasteiger partial charge is 0.383 e. The number of methoxy groups -OCH3 is 1. The smallest absolute Gasteiger partial charge is 0.221 e. The molecule has 17 heavy (non-hydrogen) atoms. The Morgan fingerprint density at radius 1 is 1.41 bits per heavy atom. The van der Waals surface area contributed by atoms with Crippen molar-refractivity contribution in [3.63, 3.8) is 0 Å². The van der Waals surface area contributed by atoms with E-state index in [9.17, 15) is 0 Å². The van der Waals surface area contributed by atoms with Gasteiger partial charge >= 0.3 is 0 Å². The zero-order valence-electron chi connectivity index (χ0n) is 10.9. The van der Waals surface area contributed by atoms with E-state index in [1.807, 2.05) is 6.07 Å². The Labute approximate surface area is 103 Å². The molecule has 0 atom stereocenters. The molecule has 1 heterocycles. The first-order valence-corrected chi connectivity index (χ1v) is 6.07. The van der Waals surface area contributed by atoms with E-state index in [0.29, 0.717) is 18.6 Å². The molecule has 0 fully saturated rings. The lowest BCUT2D eigenvalue weighted by atomic mass is 10.1. The third-order valence-electron chi connectivity index (χ3n) is 2.87. The van der Waals surface area contributed by atoms with Gasteiger partial charge in [0.2, 0.25) is 5.95 Å². The fraction of sp³-hybridized carbons (Fsp3) is 0.667. The minimum atomic E-state index is 0.316. The van der Waals surface area contributed by atoms with Crippen LogP contribution in [0.5, 0.6) is 0 Å². The zero-order valence-corrected chi connectivity index (χ0v) is 10.9. The molecule has 96 valence electrons. The molecule has 0 aromatic carbocycles. The molecule has 0 saturated heterocycles. The third kappa shape index (κ3) is 3.85. The van der Waals surface area contributed by atoms with Gasteiger partial charge in [0, 0.05) is 25.9 Å². The summed E-state index contributed by atoms with van der Waals surface area (Å²) in [6.07, 6.45) is 3.84. The van der Waals surface area contributed by atoms with Crippen LogP contribution in [0.25, 0.3) is 0 Å². The molecule has 0 amide bonds. The Bertz CT molecular complexity index is 328. The molecule has 2 N–H and O–H groups in total. The number of rotatable bonds is 7. The highest BCUT2D eigenvalue weighted by Gasteiger charge is 2.16. The van der Waals surface area contributed by atoms with E-state index in [-0.39, 0.29) is 0 Å². The Morgan fingerprint density at radius 3 is 2.65 bits per heavy atom. The maximum Gasteiger partial charge on any atom is 0.221 e. The summed E-state index contributed by atoms with van der Waals surface area (Å²) >= 11 is 0. The van der Waals surface area contributed by atoms with Crippen molar-refractivity contribution in [1.82, 2.24) is 9.97 Å². The molecule has 1 rings (SSSR count). The molecule has 0 aliphatic heterocycles. The van der Waals surface area contributed by atoms with E-state index in [1.54, 1.807) is 13.3 Å². The van der Waals surface area contributed by atoms with Crippen LogP contribution in [0.4, 0.5) is 11.8 Å². The molecule has 0 bridgehead atoms. The van der Waals surface area contributed by atoms with Gasteiger partial charge in [0.05, 0.1) is 6.61 Å². The quantitative estimate of drug-likeness (QED) is 0.783. The Hall–Kier alpha value is -1.36. The summed E-state index contributed by atoms with van der Waals surface area (Å²) in [7, 11) is 1.71. The van der Waals surface area contributed by atoms with Gasteiger partial charge in [-0.2, -0.15) is 4.98 Å². The highest BCUT2D eigenvalue weighted by atomic mass is 16.5. The second kappa shape index (κ2) is 7.06. The van der Waals surface area contributed by atoms with E-state index < -0.39 is 0 Å². The molecular weight excluding hydrogens is 216 g/mol. The molecule has 0 unspecified atom stereocenters. The third-order valence-corrected chi connectivity index (χ3v) is 2.87. The maximum absolute atomic E-state index is 5.63. The van der Waals surface area contributed by atoms with Gasteiger partial charge in [-0.3, -0.25) is 0 Å². The molecule has 1 aromatic rings. The Morgan fingerprint density at radius 2 is 2.12 bits per heavy atom. The lowest BCUT2D eigenvalue weighted by molar-refractivity contribution is 0.202. The SMILES string of the molecule is CCC(CC)N(CCOC)c1ccnc(N)n1. The van der Waals surface area contributed by atoms with Crippen LogP contribution in [0, 0.1) is 0 Å². The number of anilines is 2. The van der Waals surface area contributed by atoms with Crippen molar-refractivity contribution in [1.29, 1.82) is 0 Å². The van der Waals surface area contributed by atoms with E-state index in [2.05, 4.69) is 28.7 Å². The highest BCUT2D eigenvalue weighted by Crippen LogP contribution is 2.18. The van der Waals surface area contributed by atoms with Crippen LogP contribution in [0.3, 0.4) is 0 Å². The van der Waals surface area contributed by atoms with Crippen molar-refractivity contribution in [2.75, 3.05) is 30.9 Å². The summed E-state index contributed by atoms with van der Waals surface area (Å²) < 4.78 is 5.15. The van der Waals surface area contributed by atoms with Gasteiger partial charge in [0.1, 0.15) is 5.82 Å². The summed E-state index contributed by atoms with van der Waals surface area (Å²) in [5, 5.41) is 0. The maximum atomic E-state index is 5.63. The van der Waals surface area contributed by atoms with Gasteiger partial charge in [-0.25, -0.2) is 4.98 Å². The normalized spacial score (nSPS) is 10.8. The summed E-state index contributed by atoms with van der Waals surface area (Å²) in [6.45, 7) is 5.86. The van der Waals surface area contributed by atoms with E-state index >= 15 is 0 Å². The number of hydrogen-bond donors (Lipinski definition) is 1. The molecule has 5 nitrogen and oxygen atoms in total. The lowest BCUT2D eigenvalue weighted by Gasteiger charge is -2.31. The number of nitrogen functional groups attached to an aromatic ring is 1. The first-order valence-electron chi connectivity index (χ1n) is 6.07. The van der Waals surface area contributed by atoms with Gasteiger partial charge in [-0.1, -0.05) is 13.8 Å². The van der Waals surface area contributed by atoms with Crippen LogP contribution >= 0.6 is 0 Å². The number of aromatic nitrogens is 2. The lowest BCUT2D eigenvalue weighted by Crippen LogP contribution is -2.37. The molecule has 0 aliphatic rings. The topological polar surface area (TPSA) is 64.3 Å². The summed E-state index contributed by atoms with van der Waals surface area (Å²) in [4.78, 5) is 10.4. The average Bonchev–Trinajstić information content (AvgIpc) is 2.34. The number of nitrogens with zero attached hydrogens (tertiary/aromatic N) is 3. The zero-order chi connectivity index (χ0) is 12.7. The second-order valence-corrected chi connectivity index (χ2v) is 3.93. The number of nitrogens with two attached hydrogens (primary N) is 1. The molecule has 1 aromatic heterocycles. The van der Waals surface area contributed by atoms with E-state index in [1.165, 1.54) is 0 Å². The van der Waals surface area contributed by atoms with Crippen LogP contribution < -0.4 is 10.6 Å². The van der Waals surface area contributed by atoms with Crippen LogP contribution in [-0.2, 0) is 4.74 Å². The van der Waals surface area contributed by atoms with Crippen molar-refractivity contribution in [3.8, 4) is 0 Å². The van der Waals surface area contributed by atoms with Gasteiger partial charge in [-0.05, 0) is 18.9 Å². The average molecular weight is 238 g/mol. The fourth-order valence-corrected chi connectivity index (χ4v) is 1.93. The van der Waals surface area contributed by atoms with E-state index in [4.69, 9.17) is 10.5 Å². The van der Waals surface area contributed by atoms with Crippen LogP contribution in [0.2, 0.25) is 0 Å². The van der Waals surface area contributed by atoms with Gasteiger partial charge in [-0.15, -0.1) is 0 Å². The van der Waals surface area contributed by atoms with Crippen molar-refractivity contribution in [2.24, 2.45) is 0 Å². The summed E-state index contributed by atoms with van der Waals surface area (Å²) in [5.74, 6) is 1.19. The minimum Gasteiger partial charge on any atom is -0.383 e. The minimum absolute atomic E-state index is 0.316. The first-order chi connectivity index (χ1) is 8.22. The number of ether oxygens (including phenoxy) is 1. The number of hydrogen-bond acceptors (Lipinski definition) is 5. The standard InChI is InChI=1S/C12H22N4O/c1-4-10(5-2)16(8-9-17-3)11-6-7-14-12(13)15-11/h6-7,10H,4-5,8-9H2,1-3H3,(H2,13,14,15). The van der Waals surface area contributed by atoms with Crippen LogP contribution in [0.1, 0.15) is 26.7 Å². The van der Waals surface area contributed by atoms with Gasteiger partial charge in [0.25, 0.3) is 0 Å². The Balaban J connectivity index is 2.88. The van der Waals surface area contributed by atoms with Gasteiger partial charge < -0.3 is 15.4 Å². The van der Waals surface area contributed by atoms with E-state index in [0.717, 1.165) is 25.2 Å². The monoisotopic (exact) mass is 238 g/mol. The van der Waals surface area contributed by atoms with Crippen LogP contribution in [-0.4, -0.2) is 36.3 Å². The summed E-state index contributed by atoms with van der Waals surface area (Å²) in [6, 6.07) is 2.35. The molecule has 5 heteroatoms. The van der Waals surface area contributed by atoms with Crippen molar-refractivity contribution in [2.45, 2.75) is 32.7 Å². The molecular formula is C12H22N4O. The highest BCUT2D eigenvalue weighted by molar-refractivity contribution is 5.42. The molecule has 0 spiro atoms. The predicted octanol–water partition coefficient (Wildman–Crippen LogP) is 1.70. The van der Waals surface area contributed by atoms with Crippen molar-refractivity contribution >= 4 is 11.8 Å². The Kier molecular flexibility index (Phi) is 5.69. The second-order valence-electron chi connectivity index (χ2n) is 3.93. The van der Waals surface area contributed by atoms with Crippen molar-refractivity contribution < 1.29 is 4.74 Å². The van der Waals surface area contributed by atoms with Crippen molar-refractivity contribution in [3.05, 3.63) is 12.3 Å². The molecule has 0 saturated carbocycles. The van der Waals surface area contributed by atoms with Crippen LogP contribution in [0.15, 0.2) is 12.3 Å². The first kappa shape index (κ1) is 13.7. The predicted molar refractivity (Wildman–Crippen MR) is 70.0 cm³/mol. The fourth-order valence-electron chi connectivity index (χ4n) is 1.93. The summed E-state index contributed by atoms with van der Waals surface area (Å²) in [5.41, 5.74) is 5.63.